The quantitative estimate of drug-likeness (QED) is 0.439. The Hall–Kier alpha value is -3.22. The number of nitrogens with zero attached hydrogens (tertiary/aromatic N) is 2. The molecule has 2 aromatic heterocycles. The fourth-order valence-corrected chi connectivity index (χ4v) is 1.86. The van der Waals surface area contributed by atoms with Crippen molar-refractivity contribution in [2.75, 3.05) is 0 Å². The SMILES string of the molecule is O=C(C=C(O)c1nc[nH]n1)c1coc(-c2cccc(F)c2)c1. The third-order valence-corrected chi connectivity index (χ3v) is 2.91. The summed E-state index contributed by atoms with van der Waals surface area (Å²) in [6.45, 7) is 0. The van der Waals surface area contributed by atoms with Crippen molar-refractivity contribution in [2.45, 2.75) is 0 Å². The van der Waals surface area contributed by atoms with Gasteiger partial charge in [-0.1, -0.05) is 12.1 Å². The zero-order valence-corrected chi connectivity index (χ0v) is 11.2. The molecule has 0 spiro atoms. The first-order chi connectivity index (χ1) is 10.6. The van der Waals surface area contributed by atoms with Crippen LogP contribution in [0.4, 0.5) is 4.39 Å². The molecule has 0 aliphatic carbocycles. The number of nitrogens with one attached hydrogen (secondary N) is 1. The van der Waals surface area contributed by atoms with Crippen molar-refractivity contribution in [1.29, 1.82) is 0 Å². The smallest absolute Gasteiger partial charge is 0.215 e. The molecule has 22 heavy (non-hydrogen) atoms. The maximum absolute atomic E-state index is 13.2. The van der Waals surface area contributed by atoms with Gasteiger partial charge in [-0.2, -0.15) is 5.10 Å². The zero-order valence-electron chi connectivity index (χ0n) is 11.2. The van der Waals surface area contributed by atoms with Gasteiger partial charge < -0.3 is 9.52 Å². The Bertz CT molecular complexity index is 837. The summed E-state index contributed by atoms with van der Waals surface area (Å²) in [5.74, 6) is -0.867. The van der Waals surface area contributed by atoms with Crippen molar-refractivity contribution in [3.8, 4) is 11.3 Å². The predicted octanol–water partition coefficient (Wildman–Crippen LogP) is 2.99. The monoisotopic (exact) mass is 299 g/mol. The molecule has 0 amide bonds. The van der Waals surface area contributed by atoms with Crippen LogP contribution >= 0.6 is 0 Å². The molecule has 6 nitrogen and oxygen atoms in total. The molecule has 0 unspecified atom stereocenters. The normalized spacial score (nSPS) is 11.6. The van der Waals surface area contributed by atoms with Gasteiger partial charge in [-0.15, -0.1) is 0 Å². The van der Waals surface area contributed by atoms with Crippen LogP contribution < -0.4 is 0 Å². The highest BCUT2D eigenvalue weighted by Crippen LogP contribution is 2.23. The molecule has 0 aliphatic rings. The summed E-state index contributed by atoms with van der Waals surface area (Å²) in [5.41, 5.74) is 0.738. The minimum atomic E-state index is -0.478. The Labute approximate surface area is 123 Å². The van der Waals surface area contributed by atoms with Gasteiger partial charge in [0.15, 0.2) is 11.5 Å². The van der Waals surface area contributed by atoms with Gasteiger partial charge in [0.2, 0.25) is 5.82 Å². The fourth-order valence-electron chi connectivity index (χ4n) is 1.86. The molecule has 0 aliphatic heterocycles. The number of furan rings is 1. The van der Waals surface area contributed by atoms with Crippen molar-refractivity contribution in [2.24, 2.45) is 0 Å². The molecule has 110 valence electrons. The van der Waals surface area contributed by atoms with E-state index in [0.29, 0.717) is 11.3 Å². The summed E-state index contributed by atoms with van der Waals surface area (Å²) < 4.78 is 18.4. The minimum absolute atomic E-state index is 0.0159. The van der Waals surface area contributed by atoms with Gasteiger partial charge in [0, 0.05) is 11.6 Å². The number of carbonyl (C=O) groups excluding carboxylic acids is 1. The Kier molecular flexibility index (Phi) is 3.53. The number of aliphatic hydroxyl groups excluding tert-OH is 1. The lowest BCUT2D eigenvalue weighted by Crippen LogP contribution is -1.95. The fraction of sp³-hybridized carbons (Fsp3) is 0. The molecule has 1 aromatic carbocycles. The minimum Gasteiger partial charge on any atom is -0.504 e. The van der Waals surface area contributed by atoms with Crippen molar-refractivity contribution >= 4 is 11.5 Å². The van der Waals surface area contributed by atoms with E-state index >= 15 is 0 Å². The summed E-state index contributed by atoms with van der Waals surface area (Å²) in [5, 5.41) is 15.8. The molecule has 0 radical (unpaired) electrons. The van der Waals surface area contributed by atoms with E-state index in [1.807, 2.05) is 0 Å². The third-order valence-electron chi connectivity index (χ3n) is 2.91. The summed E-state index contributed by atoms with van der Waals surface area (Å²) in [4.78, 5) is 15.7. The van der Waals surface area contributed by atoms with E-state index in [1.54, 1.807) is 12.1 Å². The standard InChI is InChI=1S/C15H10FN3O3/c16-11-3-1-2-9(4-11)14-5-10(7-22-14)12(20)6-13(21)15-17-8-18-19-15/h1-8,21H,(H,17,18,19). The number of aromatic amines is 1. The molecule has 0 atom stereocenters. The van der Waals surface area contributed by atoms with Crippen LogP contribution in [0.2, 0.25) is 0 Å². The van der Waals surface area contributed by atoms with Gasteiger partial charge in [-0.25, -0.2) is 9.37 Å². The molecule has 0 saturated carbocycles. The summed E-state index contributed by atoms with van der Waals surface area (Å²) in [6, 6.07) is 7.30. The van der Waals surface area contributed by atoms with Gasteiger partial charge in [-0.05, 0) is 18.2 Å². The Morgan fingerprint density at radius 1 is 1.36 bits per heavy atom. The van der Waals surface area contributed by atoms with Crippen LogP contribution in [-0.4, -0.2) is 26.1 Å². The van der Waals surface area contributed by atoms with Crippen LogP contribution in [0.3, 0.4) is 0 Å². The first kappa shape index (κ1) is 13.7. The van der Waals surface area contributed by atoms with Crippen molar-refractivity contribution in [3.63, 3.8) is 0 Å². The van der Waals surface area contributed by atoms with Crippen molar-refractivity contribution in [3.05, 3.63) is 66.2 Å². The number of ketones is 1. The number of hydrogen-bond donors (Lipinski definition) is 2. The molecule has 3 rings (SSSR count). The van der Waals surface area contributed by atoms with Gasteiger partial charge >= 0.3 is 0 Å². The van der Waals surface area contributed by atoms with Gasteiger partial charge in [0.05, 0.1) is 5.56 Å². The molecule has 0 saturated heterocycles. The van der Waals surface area contributed by atoms with E-state index in [9.17, 15) is 14.3 Å². The lowest BCUT2D eigenvalue weighted by atomic mass is 10.1. The van der Waals surface area contributed by atoms with Gasteiger partial charge in [-0.3, -0.25) is 9.89 Å². The number of hydrogen-bond acceptors (Lipinski definition) is 5. The Morgan fingerprint density at radius 3 is 2.95 bits per heavy atom. The molecule has 2 heterocycles. The second-order valence-corrected chi connectivity index (χ2v) is 4.43. The number of halogens is 1. The van der Waals surface area contributed by atoms with Crippen LogP contribution in [0, 0.1) is 5.82 Å². The second kappa shape index (κ2) is 5.65. The maximum Gasteiger partial charge on any atom is 0.215 e. The van der Waals surface area contributed by atoms with E-state index in [0.717, 1.165) is 6.08 Å². The van der Waals surface area contributed by atoms with E-state index < -0.39 is 11.6 Å². The average Bonchev–Trinajstić information content (AvgIpc) is 3.19. The summed E-state index contributed by atoms with van der Waals surface area (Å²) in [6.07, 6.45) is 3.51. The molecule has 3 aromatic rings. The maximum atomic E-state index is 13.2. The lowest BCUT2D eigenvalue weighted by Gasteiger charge is -1.95. The number of benzene rings is 1. The Morgan fingerprint density at radius 2 is 2.23 bits per heavy atom. The van der Waals surface area contributed by atoms with E-state index in [2.05, 4.69) is 15.2 Å². The molecular formula is C15H10FN3O3. The molecule has 0 bridgehead atoms. The number of rotatable bonds is 4. The number of aliphatic hydroxyl groups is 1. The van der Waals surface area contributed by atoms with Gasteiger partial charge in [0.25, 0.3) is 0 Å². The summed E-state index contributed by atoms with van der Waals surface area (Å²) >= 11 is 0. The zero-order chi connectivity index (χ0) is 15.5. The topological polar surface area (TPSA) is 92.0 Å². The molecular weight excluding hydrogens is 289 g/mol. The van der Waals surface area contributed by atoms with Crippen LogP contribution in [0.1, 0.15) is 16.2 Å². The molecule has 2 N–H and O–H groups in total. The number of H-pyrrole nitrogens is 1. The third kappa shape index (κ3) is 2.78. The number of aromatic nitrogens is 3. The number of allylic oxidation sites excluding steroid dienone is 1. The lowest BCUT2D eigenvalue weighted by molar-refractivity contribution is 0.104. The molecule has 7 heteroatoms. The predicted molar refractivity (Wildman–Crippen MR) is 75.4 cm³/mol. The largest absolute Gasteiger partial charge is 0.504 e. The molecule has 0 fully saturated rings. The van der Waals surface area contributed by atoms with Crippen molar-refractivity contribution in [1.82, 2.24) is 15.2 Å². The highest BCUT2D eigenvalue weighted by atomic mass is 19.1. The highest BCUT2D eigenvalue weighted by Gasteiger charge is 2.13. The number of carbonyl (C=O) groups is 1. The average molecular weight is 299 g/mol. The van der Waals surface area contributed by atoms with Crippen LogP contribution in [0.15, 0.2) is 53.4 Å². The summed E-state index contributed by atoms with van der Waals surface area (Å²) in [7, 11) is 0. The first-order valence-electron chi connectivity index (χ1n) is 6.29. The van der Waals surface area contributed by atoms with Crippen LogP contribution in [-0.2, 0) is 0 Å². The van der Waals surface area contributed by atoms with E-state index in [-0.39, 0.29) is 17.1 Å². The van der Waals surface area contributed by atoms with Crippen LogP contribution in [0.25, 0.3) is 17.1 Å². The van der Waals surface area contributed by atoms with Gasteiger partial charge in [0.1, 0.15) is 24.2 Å². The first-order valence-corrected chi connectivity index (χ1v) is 6.29. The highest BCUT2D eigenvalue weighted by molar-refractivity contribution is 6.07. The Balaban J connectivity index is 1.85. The van der Waals surface area contributed by atoms with E-state index in [1.165, 1.54) is 30.8 Å². The van der Waals surface area contributed by atoms with E-state index in [4.69, 9.17) is 4.42 Å². The second-order valence-electron chi connectivity index (χ2n) is 4.43. The van der Waals surface area contributed by atoms with Crippen molar-refractivity contribution < 1.29 is 18.7 Å². The van der Waals surface area contributed by atoms with Crippen LogP contribution in [0.5, 0.6) is 0 Å².